The van der Waals surface area contributed by atoms with Crippen LogP contribution in [0.5, 0.6) is 11.8 Å². The quantitative estimate of drug-likeness (QED) is 0.571. The van der Waals surface area contributed by atoms with Crippen molar-refractivity contribution in [1.29, 1.82) is 0 Å². The Labute approximate surface area is 166 Å². The second-order valence-corrected chi connectivity index (χ2v) is 6.97. The highest BCUT2D eigenvalue weighted by Gasteiger charge is 2.19. The van der Waals surface area contributed by atoms with Gasteiger partial charge in [-0.2, -0.15) is 4.98 Å². The zero-order valence-corrected chi connectivity index (χ0v) is 17.6. The summed E-state index contributed by atoms with van der Waals surface area (Å²) in [6.07, 6.45) is 3.88. The van der Waals surface area contributed by atoms with Crippen LogP contribution in [0.3, 0.4) is 0 Å². The maximum absolute atomic E-state index is 5.56. The Balaban J connectivity index is 2.10. The van der Waals surface area contributed by atoms with Gasteiger partial charge in [0.1, 0.15) is 11.3 Å². The molecule has 0 N–H and O–H groups in total. The molecule has 2 aromatic heterocycles. The largest absolute Gasteiger partial charge is 0.496 e. The standard InChI is InChI=1S/C22H29N3O3/c1-7-16(26-4)9-11-25-21-20(24-22(25)28-6)17(8-10-23-21)18-12-15(3)19(27-5)13-14(18)2/h8,10,12-13,16H,7,9,11H2,1-6H3. The number of ether oxygens (including phenoxy) is 3. The van der Waals surface area contributed by atoms with Crippen LogP contribution in [0.4, 0.5) is 0 Å². The van der Waals surface area contributed by atoms with Crippen LogP contribution in [0.25, 0.3) is 22.3 Å². The van der Waals surface area contributed by atoms with E-state index in [1.807, 2.05) is 16.8 Å². The summed E-state index contributed by atoms with van der Waals surface area (Å²) in [4.78, 5) is 9.36. The van der Waals surface area contributed by atoms with Crippen molar-refractivity contribution < 1.29 is 14.2 Å². The molecule has 0 bridgehead atoms. The van der Waals surface area contributed by atoms with Crippen molar-refractivity contribution in [2.45, 2.75) is 46.3 Å². The number of benzene rings is 1. The molecule has 3 rings (SSSR count). The minimum atomic E-state index is 0.205. The number of hydrogen-bond acceptors (Lipinski definition) is 5. The molecule has 6 nitrogen and oxygen atoms in total. The van der Waals surface area contributed by atoms with E-state index in [4.69, 9.17) is 19.2 Å². The maximum atomic E-state index is 5.56. The van der Waals surface area contributed by atoms with Crippen LogP contribution in [0.2, 0.25) is 0 Å². The van der Waals surface area contributed by atoms with Crippen molar-refractivity contribution in [2.75, 3.05) is 21.3 Å². The third-order valence-electron chi connectivity index (χ3n) is 5.28. The first-order valence-corrected chi connectivity index (χ1v) is 9.61. The lowest BCUT2D eigenvalue weighted by atomic mass is 9.98. The van der Waals surface area contributed by atoms with Gasteiger partial charge in [-0.05, 0) is 61.6 Å². The average Bonchev–Trinajstić information content (AvgIpc) is 3.08. The van der Waals surface area contributed by atoms with Crippen molar-refractivity contribution in [1.82, 2.24) is 14.5 Å². The third kappa shape index (κ3) is 3.69. The van der Waals surface area contributed by atoms with Crippen molar-refractivity contribution >= 4 is 11.2 Å². The van der Waals surface area contributed by atoms with Gasteiger partial charge in [0, 0.05) is 25.4 Å². The lowest BCUT2D eigenvalue weighted by Crippen LogP contribution is -2.13. The summed E-state index contributed by atoms with van der Waals surface area (Å²) in [5, 5.41) is 0. The van der Waals surface area contributed by atoms with Gasteiger partial charge in [-0.25, -0.2) is 4.98 Å². The fourth-order valence-electron chi connectivity index (χ4n) is 3.63. The smallest absolute Gasteiger partial charge is 0.298 e. The Morgan fingerprint density at radius 3 is 2.46 bits per heavy atom. The van der Waals surface area contributed by atoms with E-state index in [0.717, 1.165) is 58.6 Å². The molecule has 1 atom stereocenters. The molecule has 0 aliphatic carbocycles. The molecule has 0 radical (unpaired) electrons. The number of nitrogens with zero attached hydrogens (tertiary/aromatic N) is 3. The monoisotopic (exact) mass is 383 g/mol. The van der Waals surface area contributed by atoms with Gasteiger partial charge in [0.2, 0.25) is 0 Å². The van der Waals surface area contributed by atoms with E-state index in [0.29, 0.717) is 6.01 Å². The van der Waals surface area contributed by atoms with Crippen LogP contribution < -0.4 is 9.47 Å². The maximum Gasteiger partial charge on any atom is 0.298 e. The van der Waals surface area contributed by atoms with E-state index in [1.54, 1.807) is 21.3 Å². The molecular formula is C22H29N3O3. The first-order chi connectivity index (χ1) is 13.5. The van der Waals surface area contributed by atoms with Crippen LogP contribution in [0.1, 0.15) is 30.9 Å². The summed E-state index contributed by atoms with van der Waals surface area (Å²) in [6.45, 7) is 7.00. The van der Waals surface area contributed by atoms with Gasteiger partial charge in [-0.1, -0.05) is 6.92 Å². The minimum absolute atomic E-state index is 0.205. The Bertz CT molecular complexity index is 961. The predicted molar refractivity (Wildman–Crippen MR) is 111 cm³/mol. The first-order valence-electron chi connectivity index (χ1n) is 9.61. The third-order valence-corrected chi connectivity index (χ3v) is 5.28. The van der Waals surface area contributed by atoms with E-state index in [-0.39, 0.29) is 6.10 Å². The normalized spacial score (nSPS) is 12.4. The van der Waals surface area contributed by atoms with E-state index < -0.39 is 0 Å². The molecule has 0 fully saturated rings. The SMILES string of the molecule is CCC(CCn1c(OC)nc2c(-c3cc(C)c(OC)cc3C)ccnc21)OC. The van der Waals surface area contributed by atoms with Crippen molar-refractivity contribution in [3.63, 3.8) is 0 Å². The lowest BCUT2D eigenvalue weighted by molar-refractivity contribution is 0.0878. The van der Waals surface area contributed by atoms with Gasteiger partial charge >= 0.3 is 0 Å². The fraction of sp³-hybridized carbons (Fsp3) is 0.455. The summed E-state index contributed by atoms with van der Waals surface area (Å²) in [5.74, 6) is 0.889. The summed E-state index contributed by atoms with van der Waals surface area (Å²) in [5.41, 5.74) is 6.07. The second-order valence-electron chi connectivity index (χ2n) is 6.97. The van der Waals surface area contributed by atoms with E-state index in [1.165, 1.54) is 0 Å². The van der Waals surface area contributed by atoms with Crippen molar-refractivity contribution in [3.8, 4) is 22.9 Å². The Hall–Kier alpha value is -2.60. The summed E-state index contributed by atoms with van der Waals surface area (Å²) in [6, 6.07) is 6.79. The van der Waals surface area contributed by atoms with Gasteiger partial charge in [0.05, 0.1) is 20.3 Å². The highest BCUT2D eigenvalue weighted by molar-refractivity contribution is 5.91. The molecule has 1 unspecified atom stereocenters. The van der Waals surface area contributed by atoms with Crippen molar-refractivity contribution in [3.05, 3.63) is 35.5 Å². The highest BCUT2D eigenvalue weighted by atomic mass is 16.5. The Morgan fingerprint density at radius 1 is 1.04 bits per heavy atom. The summed E-state index contributed by atoms with van der Waals surface area (Å²) >= 11 is 0. The Kier molecular flexibility index (Phi) is 6.19. The van der Waals surface area contributed by atoms with Crippen LogP contribution in [-0.2, 0) is 11.3 Å². The number of fused-ring (bicyclic) bond motifs is 1. The topological polar surface area (TPSA) is 58.4 Å². The molecule has 150 valence electrons. The summed E-state index contributed by atoms with van der Waals surface area (Å²) < 4.78 is 18.6. The minimum Gasteiger partial charge on any atom is -0.496 e. The van der Waals surface area contributed by atoms with Gasteiger partial charge < -0.3 is 14.2 Å². The number of hydrogen-bond donors (Lipinski definition) is 0. The number of aromatic nitrogens is 3. The van der Waals surface area contributed by atoms with Gasteiger partial charge in [0.25, 0.3) is 6.01 Å². The fourth-order valence-corrected chi connectivity index (χ4v) is 3.63. The van der Waals surface area contributed by atoms with Gasteiger partial charge in [0.15, 0.2) is 5.65 Å². The molecule has 0 aliphatic rings. The second kappa shape index (κ2) is 8.61. The predicted octanol–water partition coefficient (Wildman–Crippen LogP) is 4.55. The van der Waals surface area contributed by atoms with E-state index >= 15 is 0 Å². The molecular weight excluding hydrogens is 354 g/mol. The number of rotatable bonds is 8. The van der Waals surface area contributed by atoms with Crippen LogP contribution in [-0.4, -0.2) is 42.0 Å². The molecule has 6 heteroatoms. The number of aryl methyl sites for hydroxylation is 3. The molecule has 0 aliphatic heterocycles. The molecule has 28 heavy (non-hydrogen) atoms. The molecule has 0 saturated heterocycles. The molecule has 0 spiro atoms. The number of methoxy groups -OCH3 is 3. The molecule has 3 aromatic rings. The molecule has 0 saturated carbocycles. The van der Waals surface area contributed by atoms with E-state index in [9.17, 15) is 0 Å². The average molecular weight is 383 g/mol. The van der Waals surface area contributed by atoms with Crippen molar-refractivity contribution in [2.24, 2.45) is 0 Å². The van der Waals surface area contributed by atoms with E-state index in [2.05, 4.69) is 37.9 Å². The van der Waals surface area contributed by atoms with Gasteiger partial charge in [-0.15, -0.1) is 0 Å². The molecule has 1 aromatic carbocycles. The van der Waals surface area contributed by atoms with Crippen LogP contribution >= 0.6 is 0 Å². The zero-order chi connectivity index (χ0) is 20.3. The van der Waals surface area contributed by atoms with Crippen LogP contribution in [0, 0.1) is 13.8 Å². The lowest BCUT2D eigenvalue weighted by Gasteiger charge is -2.14. The first kappa shape index (κ1) is 20.1. The zero-order valence-electron chi connectivity index (χ0n) is 17.6. The number of imidazole rings is 1. The van der Waals surface area contributed by atoms with Gasteiger partial charge in [-0.3, -0.25) is 4.57 Å². The Morgan fingerprint density at radius 2 is 1.82 bits per heavy atom. The number of pyridine rings is 1. The highest BCUT2D eigenvalue weighted by Crippen LogP contribution is 2.35. The summed E-state index contributed by atoms with van der Waals surface area (Å²) in [7, 11) is 5.10. The molecule has 2 heterocycles. The van der Waals surface area contributed by atoms with Crippen LogP contribution in [0.15, 0.2) is 24.4 Å². The molecule has 0 amide bonds.